The van der Waals surface area contributed by atoms with Crippen molar-refractivity contribution in [3.05, 3.63) is 0 Å². The van der Waals surface area contributed by atoms with E-state index in [4.69, 9.17) is 18.5 Å². The number of hydrogen-bond donors (Lipinski definition) is 0. The van der Waals surface area contributed by atoms with Crippen molar-refractivity contribution < 1.29 is 32.7 Å². The molecule has 0 bridgehead atoms. The molecule has 0 amide bonds. The zero-order valence-electron chi connectivity index (χ0n) is 9.08. The molecule has 0 aromatic rings. The fourth-order valence-electron chi connectivity index (χ4n) is 0.784. The van der Waals surface area contributed by atoms with E-state index < -0.39 is 20.8 Å². The van der Waals surface area contributed by atoms with E-state index in [2.05, 4.69) is 0 Å². The van der Waals surface area contributed by atoms with Crippen LogP contribution in [0.15, 0.2) is 0 Å². The number of carbonyl (C=O) groups excluding carboxylic acids is 2. The van der Waals surface area contributed by atoms with Crippen LogP contribution in [-0.4, -0.2) is 39.4 Å². The Hall–Kier alpha value is -0.590. The molecule has 0 heterocycles. The van der Waals surface area contributed by atoms with Gasteiger partial charge in [-0.3, -0.25) is 13.6 Å². The highest BCUT2D eigenvalue weighted by Gasteiger charge is 2.16. The van der Waals surface area contributed by atoms with Gasteiger partial charge in [-0.25, -0.2) is 0 Å². The third-order valence-electron chi connectivity index (χ3n) is 1.56. The van der Waals surface area contributed by atoms with Crippen LogP contribution in [0.1, 0.15) is 12.8 Å². The van der Waals surface area contributed by atoms with Crippen LogP contribution in [0.4, 0.5) is 0 Å². The largest absolute Gasteiger partial charge is 0.355 e. The monoisotopic (exact) mass is 254 g/mol. The van der Waals surface area contributed by atoms with Crippen molar-refractivity contribution in [3.8, 4) is 0 Å². The van der Waals surface area contributed by atoms with Crippen LogP contribution in [0.25, 0.3) is 0 Å². The highest BCUT2D eigenvalue weighted by atomic mass is 31.1. The minimum atomic E-state index is -2.87. The summed E-state index contributed by atoms with van der Waals surface area (Å²) in [5.41, 5.74) is 0. The maximum Gasteiger partial charge on any atom is 0.323 e. The van der Waals surface area contributed by atoms with E-state index in [0.717, 1.165) is 0 Å². The van der Waals surface area contributed by atoms with E-state index in [9.17, 15) is 14.2 Å². The summed E-state index contributed by atoms with van der Waals surface area (Å²) in [6.45, 7) is 0. The highest BCUT2D eigenvalue weighted by Crippen LogP contribution is 2.29. The first-order valence-corrected chi connectivity index (χ1v) is 5.70. The lowest BCUT2D eigenvalue weighted by molar-refractivity contribution is -0.122. The van der Waals surface area contributed by atoms with E-state index in [-0.39, 0.29) is 12.8 Å². The van der Waals surface area contributed by atoms with Gasteiger partial charge in [0.2, 0.25) is 0 Å². The van der Waals surface area contributed by atoms with Crippen LogP contribution >= 0.6 is 8.25 Å². The first-order chi connectivity index (χ1) is 7.67. The summed E-state index contributed by atoms with van der Waals surface area (Å²) in [5, 5.41) is 0. The molecule has 8 heteroatoms. The van der Waals surface area contributed by atoms with E-state index in [1.165, 1.54) is 14.2 Å². The molecule has 0 N–H and O–H groups in total. The van der Waals surface area contributed by atoms with Gasteiger partial charge >= 0.3 is 8.25 Å². The summed E-state index contributed by atoms with van der Waals surface area (Å²) in [7, 11) is -0.257. The summed E-state index contributed by atoms with van der Waals surface area (Å²) < 4.78 is 30.3. The van der Waals surface area contributed by atoms with Crippen LogP contribution in [-0.2, 0) is 32.7 Å². The molecule has 0 aliphatic rings. The zero-order chi connectivity index (χ0) is 12.4. The second-order valence-corrected chi connectivity index (χ2v) is 3.59. The number of methoxy groups -OCH3 is 2. The SMILES string of the molecule is COC(CC=O)O[PH](=O)OC(CC=O)OC. The molecule has 7 nitrogen and oxygen atoms in total. The van der Waals surface area contributed by atoms with Gasteiger partial charge in [0.1, 0.15) is 12.6 Å². The average Bonchev–Trinajstić information content (AvgIpc) is 2.27. The van der Waals surface area contributed by atoms with Gasteiger partial charge in [0, 0.05) is 14.2 Å². The number of aldehydes is 2. The summed E-state index contributed by atoms with van der Waals surface area (Å²) in [4.78, 5) is 20.3. The van der Waals surface area contributed by atoms with Crippen molar-refractivity contribution in [3.63, 3.8) is 0 Å². The number of rotatable bonds is 10. The number of ether oxygens (including phenoxy) is 2. The first-order valence-electron chi connectivity index (χ1n) is 4.48. The third-order valence-corrected chi connectivity index (χ3v) is 2.47. The van der Waals surface area contributed by atoms with E-state index in [1.807, 2.05) is 0 Å². The Morgan fingerprint density at radius 1 is 1.00 bits per heavy atom. The second kappa shape index (κ2) is 9.62. The van der Waals surface area contributed by atoms with Gasteiger partial charge in [-0.15, -0.1) is 0 Å². The molecule has 2 atom stereocenters. The Labute approximate surface area is 93.9 Å². The molecule has 16 heavy (non-hydrogen) atoms. The fourth-order valence-corrected chi connectivity index (χ4v) is 1.65. The topological polar surface area (TPSA) is 88.1 Å². The summed E-state index contributed by atoms with van der Waals surface area (Å²) in [5.74, 6) is 0. The van der Waals surface area contributed by atoms with E-state index >= 15 is 0 Å². The predicted octanol–water partition coefficient (Wildman–Crippen LogP) is 0.532. The van der Waals surface area contributed by atoms with Gasteiger partial charge in [0.05, 0.1) is 12.8 Å². The highest BCUT2D eigenvalue weighted by molar-refractivity contribution is 7.33. The number of hydrogen-bond acceptors (Lipinski definition) is 7. The lowest BCUT2D eigenvalue weighted by Gasteiger charge is -2.16. The molecule has 0 aliphatic heterocycles. The summed E-state index contributed by atoms with van der Waals surface area (Å²) in [6.07, 6.45) is -0.802. The maximum absolute atomic E-state index is 11.3. The van der Waals surface area contributed by atoms with Gasteiger partial charge < -0.3 is 19.1 Å². The van der Waals surface area contributed by atoms with Gasteiger partial charge in [-0.05, 0) is 0 Å². The second-order valence-electron chi connectivity index (χ2n) is 2.62. The summed E-state index contributed by atoms with van der Waals surface area (Å²) in [6, 6.07) is 0. The van der Waals surface area contributed by atoms with Crippen LogP contribution < -0.4 is 0 Å². The van der Waals surface area contributed by atoms with Crippen molar-refractivity contribution in [2.24, 2.45) is 0 Å². The van der Waals surface area contributed by atoms with Gasteiger partial charge in [-0.1, -0.05) is 0 Å². The van der Waals surface area contributed by atoms with Crippen LogP contribution in [0.2, 0.25) is 0 Å². The Morgan fingerprint density at radius 2 is 1.38 bits per heavy atom. The Bertz CT molecular complexity index is 210. The smallest absolute Gasteiger partial charge is 0.323 e. The van der Waals surface area contributed by atoms with E-state index in [1.54, 1.807) is 0 Å². The van der Waals surface area contributed by atoms with Crippen molar-refractivity contribution in [1.29, 1.82) is 0 Å². The molecule has 0 aromatic carbocycles. The molecule has 0 fully saturated rings. The predicted molar refractivity (Wildman–Crippen MR) is 54.1 cm³/mol. The molecular weight excluding hydrogens is 239 g/mol. The molecule has 0 saturated carbocycles. The van der Waals surface area contributed by atoms with Crippen LogP contribution in [0.5, 0.6) is 0 Å². The molecule has 0 aromatic heterocycles. The molecule has 0 radical (unpaired) electrons. The minimum absolute atomic E-state index is 0.0540. The average molecular weight is 254 g/mol. The zero-order valence-corrected chi connectivity index (χ0v) is 10.1. The van der Waals surface area contributed by atoms with Crippen molar-refractivity contribution in [2.45, 2.75) is 25.4 Å². The lowest BCUT2D eigenvalue weighted by atomic mass is 10.5. The fraction of sp³-hybridized carbons (Fsp3) is 0.750. The van der Waals surface area contributed by atoms with Crippen molar-refractivity contribution in [2.75, 3.05) is 14.2 Å². The molecule has 94 valence electrons. The Morgan fingerprint density at radius 3 is 1.62 bits per heavy atom. The van der Waals surface area contributed by atoms with E-state index in [0.29, 0.717) is 12.6 Å². The third kappa shape index (κ3) is 6.81. The number of carbonyl (C=O) groups is 2. The molecule has 0 rings (SSSR count). The van der Waals surface area contributed by atoms with Crippen molar-refractivity contribution >= 4 is 20.8 Å². The summed E-state index contributed by atoms with van der Waals surface area (Å²) >= 11 is 0. The minimum Gasteiger partial charge on any atom is -0.355 e. The van der Waals surface area contributed by atoms with Crippen LogP contribution in [0, 0.1) is 0 Å². The lowest BCUT2D eigenvalue weighted by Crippen LogP contribution is -2.16. The quantitative estimate of drug-likeness (QED) is 0.319. The van der Waals surface area contributed by atoms with Gasteiger partial charge in [0.15, 0.2) is 12.6 Å². The molecule has 2 unspecified atom stereocenters. The first kappa shape index (κ1) is 15.4. The van der Waals surface area contributed by atoms with Crippen LogP contribution in [0.3, 0.4) is 0 Å². The Kier molecular flexibility index (Phi) is 9.27. The normalized spacial score (nSPS) is 16.4. The Balaban J connectivity index is 4.02. The molecule has 0 spiro atoms. The van der Waals surface area contributed by atoms with Crippen molar-refractivity contribution in [1.82, 2.24) is 0 Å². The van der Waals surface area contributed by atoms with Gasteiger partial charge in [-0.2, -0.15) is 0 Å². The van der Waals surface area contributed by atoms with Gasteiger partial charge in [0.25, 0.3) is 0 Å². The standard InChI is InChI=1S/C8H15O7P/c1-12-7(3-5-9)14-16(11)15-8(13-2)4-6-10/h5-8,16H,3-4H2,1-2H3. The maximum atomic E-state index is 11.3. The molecule has 0 saturated heterocycles. The molecule has 0 aliphatic carbocycles. The molecular formula is C8H15O7P.